The maximum absolute atomic E-state index is 12.2. The fourth-order valence-electron chi connectivity index (χ4n) is 2.53. The Kier molecular flexibility index (Phi) is 6.30. The SMILES string of the molecule is CC1(N)CCCCC1C(=O)NCc1sccc1Br.Cl. The highest BCUT2D eigenvalue weighted by Crippen LogP contribution is 2.32. The normalized spacial score (nSPS) is 26.6. The predicted molar refractivity (Wildman–Crippen MR) is 85.7 cm³/mol. The molecule has 108 valence electrons. The molecule has 6 heteroatoms. The highest BCUT2D eigenvalue weighted by Gasteiger charge is 2.37. The first-order valence-electron chi connectivity index (χ1n) is 6.29. The first kappa shape index (κ1) is 17.0. The van der Waals surface area contributed by atoms with Crippen LogP contribution in [0.2, 0.25) is 0 Å². The number of carbonyl (C=O) groups excluding carboxylic acids is 1. The third-order valence-electron chi connectivity index (χ3n) is 3.69. The number of thiophene rings is 1. The van der Waals surface area contributed by atoms with Gasteiger partial charge in [-0.2, -0.15) is 0 Å². The Labute approximate surface area is 132 Å². The monoisotopic (exact) mass is 366 g/mol. The van der Waals surface area contributed by atoms with Crippen LogP contribution in [0.15, 0.2) is 15.9 Å². The van der Waals surface area contributed by atoms with Crippen LogP contribution in [0.4, 0.5) is 0 Å². The van der Waals surface area contributed by atoms with Crippen molar-refractivity contribution in [2.75, 3.05) is 0 Å². The lowest BCUT2D eigenvalue weighted by Crippen LogP contribution is -2.52. The van der Waals surface area contributed by atoms with Gasteiger partial charge in [-0.1, -0.05) is 12.8 Å². The highest BCUT2D eigenvalue weighted by atomic mass is 79.9. The van der Waals surface area contributed by atoms with Crippen LogP contribution in [-0.4, -0.2) is 11.4 Å². The second-order valence-corrected chi connectivity index (χ2v) is 7.07. The van der Waals surface area contributed by atoms with Crippen molar-refractivity contribution in [2.24, 2.45) is 11.7 Å². The van der Waals surface area contributed by atoms with Crippen molar-refractivity contribution < 1.29 is 4.79 Å². The molecule has 3 nitrogen and oxygen atoms in total. The first-order valence-corrected chi connectivity index (χ1v) is 7.96. The molecule has 1 fully saturated rings. The Morgan fingerprint density at radius 2 is 2.37 bits per heavy atom. The van der Waals surface area contributed by atoms with E-state index in [9.17, 15) is 4.79 Å². The van der Waals surface area contributed by atoms with E-state index in [-0.39, 0.29) is 29.8 Å². The van der Waals surface area contributed by atoms with Crippen LogP contribution >= 0.6 is 39.7 Å². The Morgan fingerprint density at radius 1 is 1.63 bits per heavy atom. The van der Waals surface area contributed by atoms with E-state index >= 15 is 0 Å². The third kappa shape index (κ3) is 4.18. The molecule has 1 amide bonds. The average Bonchev–Trinajstić information content (AvgIpc) is 2.71. The maximum Gasteiger partial charge on any atom is 0.225 e. The summed E-state index contributed by atoms with van der Waals surface area (Å²) in [7, 11) is 0. The summed E-state index contributed by atoms with van der Waals surface area (Å²) >= 11 is 5.11. The van der Waals surface area contributed by atoms with Crippen molar-refractivity contribution in [1.29, 1.82) is 0 Å². The van der Waals surface area contributed by atoms with Gasteiger partial charge in [-0.05, 0) is 47.1 Å². The summed E-state index contributed by atoms with van der Waals surface area (Å²) in [5.41, 5.74) is 5.88. The lowest BCUT2D eigenvalue weighted by molar-refractivity contribution is -0.128. The van der Waals surface area contributed by atoms with E-state index in [1.807, 2.05) is 18.4 Å². The van der Waals surface area contributed by atoms with Gasteiger partial charge in [0, 0.05) is 14.9 Å². The summed E-state index contributed by atoms with van der Waals surface area (Å²) in [5, 5.41) is 5.03. The van der Waals surface area contributed by atoms with Gasteiger partial charge in [0.15, 0.2) is 0 Å². The molecule has 3 N–H and O–H groups in total. The second-order valence-electron chi connectivity index (χ2n) is 5.21. The Balaban J connectivity index is 0.00000180. The molecule has 0 aromatic carbocycles. The van der Waals surface area contributed by atoms with Crippen molar-refractivity contribution in [3.05, 3.63) is 20.8 Å². The van der Waals surface area contributed by atoms with E-state index in [4.69, 9.17) is 5.73 Å². The Bertz CT molecular complexity index is 436. The van der Waals surface area contributed by atoms with Gasteiger partial charge in [0.25, 0.3) is 0 Å². The molecule has 1 aromatic heterocycles. The van der Waals surface area contributed by atoms with E-state index in [1.54, 1.807) is 11.3 Å². The van der Waals surface area contributed by atoms with E-state index in [1.165, 1.54) is 0 Å². The van der Waals surface area contributed by atoms with Crippen LogP contribution in [-0.2, 0) is 11.3 Å². The maximum atomic E-state index is 12.2. The van der Waals surface area contributed by atoms with Gasteiger partial charge in [-0.25, -0.2) is 0 Å². The fourth-order valence-corrected chi connectivity index (χ4v) is 3.96. The van der Waals surface area contributed by atoms with Crippen LogP contribution in [0.25, 0.3) is 0 Å². The molecule has 1 aliphatic carbocycles. The molecule has 2 atom stereocenters. The molecule has 1 saturated carbocycles. The van der Waals surface area contributed by atoms with Crippen LogP contribution in [0, 0.1) is 5.92 Å². The van der Waals surface area contributed by atoms with Crippen molar-refractivity contribution >= 4 is 45.6 Å². The molecule has 0 spiro atoms. The van der Waals surface area contributed by atoms with Gasteiger partial charge in [-0.3, -0.25) is 4.79 Å². The topological polar surface area (TPSA) is 55.1 Å². The molecule has 2 unspecified atom stereocenters. The van der Waals surface area contributed by atoms with Gasteiger partial charge >= 0.3 is 0 Å². The standard InChI is InChI=1S/C13H19BrN2OS.ClH/c1-13(15)6-3-2-4-9(13)12(17)16-8-11-10(14)5-7-18-11;/h5,7,9H,2-4,6,8,15H2,1H3,(H,16,17);1H. The van der Waals surface area contributed by atoms with Crippen LogP contribution in [0.3, 0.4) is 0 Å². The lowest BCUT2D eigenvalue weighted by atomic mass is 9.74. The molecular formula is C13H20BrClN2OS. The zero-order valence-corrected chi connectivity index (χ0v) is 14.2. The average molecular weight is 368 g/mol. The minimum Gasteiger partial charge on any atom is -0.351 e. The molecule has 1 heterocycles. The summed E-state index contributed by atoms with van der Waals surface area (Å²) < 4.78 is 1.06. The summed E-state index contributed by atoms with van der Waals surface area (Å²) in [6.07, 6.45) is 4.08. The highest BCUT2D eigenvalue weighted by molar-refractivity contribution is 9.10. The van der Waals surface area contributed by atoms with Crippen molar-refractivity contribution in [2.45, 2.75) is 44.7 Å². The molecule has 0 aliphatic heterocycles. The third-order valence-corrected chi connectivity index (χ3v) is 5.61. The smallest absolute Gasteiger partial charge is 0.225 e. The number of amides is 1. The minimum absolute atomic E-state index is 0. The molecule has 1 aromatic rings. The van der Waals surface area contributed by atoms with E-state index in [0.29, 0.717) is 6.54 Å². The largest absolute Gasteiger partial charge is 0.351 e. The van der Waals surface area contributed by atoms with Crippen LogP contribution < -0.4 is 11.1 Å². The Hall–Kier alpha value is -0.100. The zero-order valence-electron chi connectivity index (χ0n) is 10.9. The lowest BCUT2D eigenvalue weighted by Gasteiger charge is -2.37. The van der Waals surface area contributed by atoms with Crippen LogP contribution in [0.1, 0.15) is 37.5 Å². The zero-order chi connectivity index (χ0) is 13.2. The van der Waals surface area contributed by atoms with E-state index in [2.05, 4.69) is 21.2 Å². The minimum atomic E-state index is -0.352. The molecule has 0 radical (unpaired) electrons. The van der Waals surface area contributed by atoms with Gasteiger partial charge in [-0.15, -0.1) is 23.7 Å². The quantitative estimate of drug-likeness (QED) is 0.859. The van der Waals surface area contributed by atoms with Crippen molar-refractivity contribution in [3.63, 3.8) is 0 Å². The Morgan fingerprint density at radius 3 is 2.95 bits per heavy atom. The molecule has 2 rings (SSSR count). The fraction of sp³-hybridized carbons (Fsp3) is 0.615. The molecular weight excluding hydrogens is 348 g/mol. The predicted octanol–water partition coefficient (Wildman–Crippen LogP) is 3.46. The number of hydrogen-bond acceptors (Lipinski definition) is 3. The summed E-state index contributed by atoms with van der Waals surface area (Å²) in [6.45, 7) is 2.58. The first-order chi connectivity index (χ1) is 8.50. The molecule has 0 saturated heterocycles. The number of halogens is 2. The van der Waals surface area contributed by atoms with Gasteiger partial charge in [0.1, 0.15) is 0 Å². The van der Waals surface area contributed by atoms with E-state index in [0.717, 1.165) is 35.0 Å². The van der Waals surface area contributed by atoms with Crippen LogP contribution in [0.5, 0.6) is 0 Å². The summed E-state index contributed by atoms with van der Waals surface area (Å²) in [5.74, 6) is 0.0463. The van der Waals surface area contributed by atoms with Crippen molar-refractivity contribution in [1.82, 2.24) is 5.32 Å². The number of nitrogens with one attached hydrogen (secondary N) is 1. The number of rotatable bonds is 3. The van der Waals surface area contributed by atoms with Gasteiger partial charge in [0.05, 0.1) is 12.5 Å². The second kappa shape index (κ2) is 7.07. The number of nitrogens with two attached hydrogens (primary N) is 1. The number of hydrogen-bond donors (Lipinski definition) is 2. The van der Waals surface area contributed by atoms with Gasteiger partial charge in [0.2, 0.25) is 5.91 Å². The van der Waals surface area contributed by atoms with Crippen molar-refractivity contribution in [3.8, 4) is 0 Å². The molecule has 0 bridgehead atoms. The van der Waals surface area contributed by atoms with E-state index < -0.39 is 0 Å². The number of carbonyl (C=O) groups is 1. The molecule has 1 aliphatic rings. The summed E-state index contributed by atoms with van der Waals surface area (Å²) in [6, 6.07) is 2.00. The molecule has 19 heavy (non-hydrogen) atoms. The summed E-state index contributed by atoms with van der Waals surface area (Å²) in [4.78, 5) is 13.4. The van der Waals surface area contributed by atoms with Gasteiger partial charge < -0.3 is 11.1 Å².